The van der Waals surface area contributed by atoms with Gasteiger partial charge >= 0.3 is 11.9 Å². The number of esters is 2. The van der Waals surface area contributed by atoms with Crippen LogP contribution in [0.2, 0.25) is 0 Å². The largest absolute Gasteiger partial charge is 0.465 e. The Balaban J connectivity index is 4.63. The number of unbranched alkanes of at least 4 members (excludes halogenated alkanes) is 2. The van der Waals surface area contributed by atoms with Gasteiger partial charge in [-0.05, 0) is 19.3 Å². The Hall–Kier alpha value is -0.480. The zero-order valence-corrected chi connectivity index (χ0v) is 13.9. The summed E-state index contributed by atoms with van der Waals surface area (Å²) in [5.74, 6) is -1.14. The van der Waals surface area contributed by atoms with E-state index in [1.165, 1.54) is 0 Å². The van der Waals surface area contributed by atoms with E-state index in [0.29, 0.717) is 19.4 Å². The first-order valence-corrected chi connectivity index (χ1v) is 7.94. The minimum absolute atomic E-state index is 0.132. The maximum atomic E-state index is 12.2. The predicted molar refractivity (Wildman–Crippen MR) is 80.0 cm³/mol. The van der Waals surface area contributed by atoms with Crippen molar-refractivity contribution in [2.75, 3.05) is 13.2 Å². The molecule has 0 aromatic carbocycles. The van der Waals surface area contributed by atoms with Crippen LogP contribution < -0.4 is 0 Å². The van der Waals surface area contributed by atoms with Gasteiger partial charge in [-0.3, -0.25) is 9.59 Å². The minimum atomic E-state index is -1.26. The molecule has 0 amide bonds. The fourth-order valence-electron chi connectivity index (χ4n) is 1.84. The molecule has 0 rings (SSSR count). The van der Waals surface area contributed by atoms with Crippen LogP contribution in [0.1, 0.15) is 52.9 Å². The van der Waals surface area contributed by atoms with Crippen LogP contribution in [0.3, 0.4) is 0 Å². The van der Waals surface area contributed by atoms with E-state index < -0.39 is 22.2 Å². The molecular formula is C14H24Cl2O4. The maximum absolute atomic E-state index is 12.2. The van der Waals surface area contributed by atoms with Crippen LogP contribution in [-0.2, 0) is 19.1 Å². The summed E-state index contributed by atoms with van der Waals surface area (Å²) in [4.78, 5) is 23.5. The van der Waals surface area contributed by atoms with Crippen molar-refractivity contribution in [2.24, 2.45) is 5.41 Å². The minimum Gasteiger partial charge on any atom is -0.465 e. The second kappa shape index (κ2) is 10.3. The van der Waals surface area contributed by atoms with Gasteiger partial charge in [0.15, 0.2) is 5.41 Å². The molecule has 0 saturated carbocycles. The van der Waals surface area contributed by atoms with Crippen LogP contribution in [0, 0.1) is 5.41 Å². The fourth-order valence-corrected chi connectivity index (χ4v) is 1.97. The van der Waals surface area contributed by atoms with Crippen LogP contribution >= 0.6 is 23.2 Å². The van der Waals surface area contributed by atoms with Gasteiger partial charge in [0.2, 0.25) is 0 Å². The monoisotopic (exact) mass is 326 g/mol. The molecule has 0 spiro atoms. The van der Waals surface area contributed by atoms with Crippen molar-refractivity contribution in [1.29, 1.82) is 0 Å². The third-order valence-corrected chi connectivity index (χ3v) is 3.56. The van der Waals surface area contributed by atoms with E-state index in [4.69, 9.17) is 32.7 Å². The number of carbonyl (C=O) groups is 2. The summed E-state index contributed by atoms with van der Waals surface area (Å²) < 4.78 is 10.2. The number of hydrogen-bond donors (Lipinski definition) is 0. The quantitative estimate of drug-likeness (QED) is 0.264. The van der Waals surface area contributed by atoms with E-state index in [2.05, 4.69) is 6.92 Å². The standard InChI is InChI=1S/C14H24Cl2O4/c1-4-7-8-9-19-12(17)14(5-2,6-3)13(18)20-10-11(15)16/h11H,4-10H2,1-3H3. The zero-order valence-electron chi connectivity index (χ0n) is 12.4. The lowest BCUT2D eigenvalue weighted by molar-refractivity contribution is -0.173. The van der Waals surface area contributed by atoms with Crippen molar-refractivity contribution in [3.05, 3.63) is 0 Å². The van der Waals surface area contributed by atoms with Gasteiger partial charge in [-0.1, -0.05) is 33.6 Å². The summed E-state index contributed by atoms with van der Waals surface area (Å²) in [5, 5.41) is 0. The molecule has 0 radical (unpaired) electrons. The third kappa shape index (κ3) is 5.88. The first-order valence-electron chi connectivity index (χ1n) is 7.07. The zero-order chi connectivity index (χ0) is 15.6. The highest BCUT2D eigenvalue weighted by molar-refractivity contribution is 6.44. The van der Waals surface area contributed by atoms with Gasteiger partial charge in [-0.15, -0.1) is 23.2 Å². The summed E-state index contributed by atoms with van der Waals surface area (Å²) in [6, 6.07) is 0. The van der Waals surface area contributed by atoms with Gasteiger partial charge in [-0.2, -0.15) is 0 Å². The predicted octanol–water partition coefficient (Wildman–Crippen LogP) is 3.87. The Kier molecular flexibility index (Phi) is 10.0. The number of hydrogen-bond acceptors (Lipinski definition) is 4. The van der Waals surface area contributed by atoms with Crippen molar-refractivity contribution >= 4 is 35.1 Å². The number of rotatable bonds is 10. The molecule has 4 nitrogen and oxygen atoms in total. The molecule has 20 heavy (non-hydrogen) atoms. The number of alkyl halides is 2. The number of ether oxygens (including phenoxy) is 2. The van der Waals surface area contributed by atoms with Crippen LogP contribution in [-0.4, -0.2) is 30.0 Å². The summed E-state index contributed by atoms with van der Waals surface area (Å²) in [7, 11) is 0. The topological polar surface area (TPSA) is 52.6 Å². The summed E-state index contributed by atoms with van der Waals surface area (Å²) in [6.45, 7) is 5.78. The molecule has 0 bridgehead atoms. The van der Waals surface area contributed by atoms with Gasteiger partial charge in [-0.25, -0.2) is 0 Å². The Morgan fingerprint density at radius 1 is 1.00 bits per heavy atom. The van der Waals surface area contributed by atoms with Crippen molar-refractivity contribution in [2.45, 2.75) is 57.7 Å². The lowest BCUT2D eigenvalue weighted by Gasteiger charge is -2.27. The molecule has 0 aliphatic rings. The molecule has 0 unspecified atom stereocenters. The van der Waals surface area contributed by atoms with Gasteiger partial charge in [0.25, 0.3) is 0 Å². The molecule has 0 aliphatic heterocycles. The van der Waals surface area contributed by atoms with Crippen molar-refractivity contribution in [1.82, 2.24) is 0 Å². The van der Waals surface area contributed by atoms with Gasteiger partial charge in [0, 0.05) is 0 Å². The number of halogens is 2. The van der Waals surface area contributed by atoms with E-state index in [1.54, 1.807) is 13.8 Å². The summed E-state index contributed by atoms with van der Waals surface area (Å²) >= 11 is 11.1. The van der Waals surface area contributed by atoms with Gasteiger partial charge in [0.05, 0.1) is 6.61 Å². The Morgan fingerprint density at radius 2 is 1.55 bits per heavy atom. The lowest BCUT2D eigenvalue weighted by Crippen LogP contribution is -2.41. The van der Waals surface area contributed by atoms with E-state index in [9.17, 15) is 9.59 Å². The average Bonchev–Trinajstić information content (AvgIpc) is 2.43. The normalized spacial score (nSPS) is 11.5. The highest BCUT2D eigenvalue weighted by Crippen LogP contribution is 2.30. The van der Waals surface area contributed by atoms with Crippen molar-refractivity contribution in [3.63, 3.8) is 0 Å². The van der Waals surface area contributed by atoms with Crippen molar-refractivity contribution in [3.8, 4) is 0 Å². The second-order valence-electron chi connectivity index (χ2n) is 4.62. The molecule has 0 aromatic heterocycles. The first-order chi connectivity index (χ1) is 9.44. The van der Waals surface area contributed by atoms with E-state index in [-0.39, 0.29) is 6.61 Å². The lowest BCUT2D eigenvalue weighted by atomic mass is 9.82. The van der Waals surface area contributed by atoms with E-state index in [0.717, 1.165) is 19.3 Å². The van der Waals surface area contributed by atoms with Crippen LogP contribution in [0.25, 0.3) is 0 Å². The maximum Gasteiger partial charge on any atom is 0.323 e. The van der Waals surface area contributed by atoms with Crippen LogP contribution in [0.4, 0.5) is 0 Å². The third-order valence-electron chi connectivity index (χ3n) is 3.31. The smallest absolute Gasteiger partial charge is 0.323 e. The van der Waals surface area contributed by atoms with E-state index >= 15 is 0 Å². The highest BCUT2D eigenvalue weighted by Gasteiger charge is 2.46. The SMILES string of the molecule is CCCCCOC(=O)C(CC)(CC)C(=O)OCC(Cl)Cl. The van der Waals surface area contributed by atoms with Crippen LogP contribution in [0.5, 0.6) is 0 Å². The number of carbonyl (C=O) groups excluding carboxylic acids is 2. The van der Waals surface area contributed by atoms with Gasteiger partial charge in [0.1, 0.15) is 11.4 Å². The molecule has 0 fully saturated rings. The molecule has 0 aromatic rings. The molecule has 6 heteroatoms. The fraction of sp³-hybridized carbons (Fsp3) is 0.857. The molecule has 0 N–H and O–H groups in total. The highest BCUT2D eigenvalue weighted by atomic mass is 35.5. The first kappa shape index (κ1) is 19.5. The second-order valence-corrected chi connectivity index (χ2v) is 5.90. The summed E-state index contributed by atoms with van der Waals surface area (Å²) in [5.41, 5.74) is -1.26. The average molecular weight is 327 g/mol. The summed E-state index contributed by atoms with van der Waals surface area (Å²) in [6.07, 6.45) is 3.48. The molecular weight excluding hydrogens is 303 g/mol. The van der Waals surface area contributed by atoms with Gasteiger partial charge < -0.3 is 9.47 Å². The molecule has 0 aliphatic carbocycles. The van der Waals surface area contributed by atoms with Crippen LogP contribution in [0.15, 0.2) is 0 Å². The molecule has 118 valence electrons. The van der Waals surface area contributed by atoms with E-state index in [1.807, 2.05) is 0 Å². The van der Waals surface area contributed by atoms with Crippen molar-refractivity contribution < 1.29 is 19.1 Å². The molecule has 0 saturated heterocycles. The molecule has 0 atom stereocenters. The Labute approximate surface area is 131 Å². The Morgan fingerprint density at radius 3 is 2.00 bits per heavy atom. The Bertz CT molecular complexity index is 302. The molecule has 0 heterocycles.